The van der Waals surface area contributed by atoms with Gasteiger partial charge in [0.2, 0.25) is 0 Å². The second-order valence-electron chi connectivity index (χ2n) is 5.49. The standard InChI is InChI=1S/C19H16N2O4/c1-11-9-13(19(23)24-2)5-8-17(11)25-14-6-3-12-4-7-15(18(20)22)21-16(12)10-14/h3-10H,1-2H3,(H2,20,22). The van der Waals surface area contributed by atoms with Crippen LogP contribution >= 0.6 is 0 Å². The molecule has 6 nitrogen and oxygen atoms in total. The van der Waals surface area contributed by atoms with E-state index in [-0.39, 0.29) is 5.69 Å². The molecule has 0 fully saturated rings. The monoisotopic (exact) mass is 336 g/mol. The summed E-state index contributed by atoms with van der Waals surface area (Å²) in [6.45, 7) is 1.84. The minimum absolute atomic E-state index is 0.197. The predicted molar refractivity (Wildman–Crippen MR) is 92.9 cm³/mol. The first kappa shape index (κ1) is 16.4. The summed E-state index contributed by atoms with van der Waals surface area (Å²) in [5, 5.41) is 0.870. The molecule has 0 atom stereocenters. The summed E-state index contributed by atoms with van der Waals surface area (Å²) in [6.07, 6.45) is 0. The number of hydrogen-bond acceptors (Lipinski definition) is 5. The first-order valence-corrected chi connectivity index (χ1v) is 7.55. The van der Waals surface area contributed by atoms with Gasteiger partial charge in [-0.1, -0.05) is 6.07 Å². The lowest BCUT2D eigenvalue weighted by atomic mass is 10.1. The highest BCUT2D eigenvalue weighted by Crippen LogP contribution is 2.28. The average molecular weight is 336 g/mol. The van der Waals surface area contributed by atoms with Gasteiger partial charge in [-0.05, 0) is 48.9 Å². The van der Waals surface area contributed by atoms with E-state index >= 15 is 0 Å². The van der Waals surface area contributed by atoms with Crippen molar-refractivity contribution in [1.29, 1.82) is 0 Å². The first-order chi connectivity index (χ1) is 12.0. The molecule has 0 spiro atoms. The molecular formula is C19H16N2O4. The number of fused-ring (bicyclic) bond motifs is 1. The Bertz CT molecular complexity index is 982. The molecule has 0 bridgehead atoms. The van der Waals surface area contributed by atoms with Gasteiger partial charge in [0.15, 0.2) is 0 Å². The highest BCUT2D eigenvalue weighted by Gasteiger charge is 2.10. The van der Waals surface area contributed by atoms with E-state index in [9.17, 15) is 9.59 Å². The highest BCUT2D eigenvalue weighted by molar-refractivity contribution is 5.94. The second kappa shape index (κ2) is 6.60. The summed E-state index contributed by atoms with van der Waals surface area (Å²) in [6, 6.07) is 13.8. The number of pyridine rings is 1. The smallest absolute Gasteiger partial charge is 0.337 e. The second-order valence-corrected chi connectivity index (χ2v) is 5.49. The van der Waals surface area contributed by atoms with Gasteiger partial charge in [-0.2, -0.15) is 0 Å². The molecule has 0 saturated carbocycles. The van der Waals surface area contributed by atoms with E-state index in [0.29, 0.717) is 22.6 Å². The quantitative estimate of drug-likeness (QED) is 0.739. The Morgan fingerprint density at radius 1 is 1.04 bits per heavy atom. The van der Waals surface area contributed by atoms with E-state index in [1.54, 1.807) is 36.4 Å². The number of amides is 1. The number of carbonyl (C=O) groups is 2. The van der Waals surface area contributed by atoms with Crippen molar-refractivity contribution in [3.05, 3.63) is 65.4 Å². The summed E-state index contributed by atoms with van der Waals surface area (Å²) in [4.78, 5) is 27.1. The maximum atomic E-state index is 11.6. The Kier molecular flexibility index (Phi) is 4.35. The van der Waals surface area contributed by atoms with Gasteiger partial charge in [0, 0.05) is 11.5 Å². The van der Waals surface area contributed by atoms with Crippen LogP contribution in [0.15, 0.2) is 48.5 Å². The van der Waals surface area contributed by atoms with Gasteiger partial charge in [-0.25, -0.2) is 9.78 Å². The van der Waals surface area contributed by atoms with Gasteiger partial charge in [-0.15, -0.1) is 0 Å². The Morgan fingerprint density at radius 2 is 1.80 bits per heavy atom. The zero-order valence-corrected chi connectivity index (χ0v) is 13.8. The van der Waals surface area contributed by atoms with Gasteiger partial charge in [0.25, 0.3) is 5.91 Å². The van der Waals surface area contributed by atoms with E-state index in [2.05, 4.69) is 4.98 Å². The molecule has 25 heavy (non-hydrogen) atoms. The third-order valence-electron chi connectivity index (χ3n) is 3.74. The van der Waals surface area contributed by atoms with Crippen LogP contribution in [0.5, 0.6) is 11.5 Å². The highest BCUT2D eigenvalue weighted by atomic mass is 16.5. The molecule has 0 radical (unpaired) electrons. The number of nitrogens with zero attached hydrogens (tertiary/aromatic N) is 1. The first-order valence-electron chi connectivity index (χ1n) is 7.55. The Balaban J connectivity index is 1.92. The molecule has 3 rings (SSSR count). The molecule has 1 amide bonds. The van der Waals surface area contributed by atoms with Crippen molar-refractivity contribution in [2.24, 2.45) is 5.73 Å². The normalized spacial score (nSPS) is 10.5. The minimum atomic E-state index is -0.581. The number of esters is 1. The number of aromatic nitrogens is 1. The molecule has 2 N–H and O–H groups in total. The van der Waals surface area contributed by atoms with Crippen LogP contribution in [0.25, 0.3) is 10.9 Å². The van der Waals surface area contributed by atoms with E-state index in [1.165, 1.54) is 7.11 Å². The van der Waals surface area contributed by atoms with Gasteiger partial charge in [0.05, 0.1) is 18.2 Å². The number of hydrogen-bond donors (Lipinski definition) is 1. The summed E-state index contributed by atoms with van der Waals surface area (Å²) in [5.41, 5.74) is 7.32. The van der Waals surface area contributed by atoms with Crippen LogP contribution in [0.2, 0.25) is 0 Å². The van der Waals surface area contributed by atoms with E-state index in [1.807, 2.05) is 19.1 Å². The fraction of sp³-hybridized carbons (Fsp3) is 0.105. The van der Waals surface area contributed by atoms with Crippen LogP contribution in [0.1, 0.15) is 26.4 Å². The van der Waals surface area contributed by atoms with Crippen molar-refractivity contribution in [2.45, 2.75) is 6.92 Å². The van der Waals surface area contributed by atoms with E-state index in [4.69, 9.17) is 15.2 Å². The van der Waals surface area contributed by atoms with Gasteiger partial charge in [0.1, 0.15) is 17.2 Å². The van der Waals surface area contributed by atoms with Crippen LogP contribution in [-0.2, 0) is 4.74 Å². The number of primary amides is 1. The third kappa shape index (κ3) is 3.42. The Hall–Kier alpha value is -3.41. The van der Waals surface area contributed by atoms with E-state index < -0.39 is 11.9 Å². The molecule has 0 aliphatic rings. The average Bonchev–Trinajstić information content (AvgIpc) is 2.62. The van der Waals surface area contributed by atoms with Crippen molar-refractivity contribution >= 4 is 22.8 Å². The summed E-state index contributed by atoms with van der Waals surface area (Å²) < 4.78 is 10.6. The Morgan fingerprint density at radius 3 is 2.48 bits per heavy atom. The zero-order valence-electron chi connectivity index (χ0n) is 13.8. The number of nitrogens with two attached hydrogens (primary N) is 1. The van der Waals surface area contributed by atoms with Crippen LogP contribution in [-0.4, -0.2) is 24.0 Å². The summed E-state index contributed by atoms with van der Waals surface area (Å²) >= 11 is 0. The predicted octanol–water partition coefficient (Wildman–Crippen LogP) is 3.22. The lowest BCUT2D eigenvalue weighted by molar-refractivity contribution is 0.0600. The van der Waals surface area contributed by atoms with Crippen molar-refractivity contribution in [1.82, 2.24) is 4.98 Å². The van der Waals surface area contributed by atoms with Crippen molar-refractivity contribution in [3.63, 3.8) is 0 Å². The maximum Gasteiger partial charge on any atom is 0.337 e. The van der Waals surface area contributed by atoms with Gasteiger partial charge < -0.3 is 15.2 Å². The van der Waals surface area contributed by atoms with Crippen LogP contribution < -0.4 is 10.5 Å². The molecule has 0 saturated heterocycles. The summed E-state index contributed by atoms with van der Waals surface area (Å²) in [7, 11) is 1.34. The summed E-state index contributed by atoms with van der Waals surface area (Å²) in [5.74, 6) is 0.194. The molecule has 0 aliphatic heterocycles. The number of benzene rings is 2. The Labute approximate surface area is 144 Å². The van der Waals surface area contributed by atoms with Crippen LogP contribution in [0, 0.1) is 6.92 Å². The number of aryl methyl sites for hydroxylation is 1. The number of ether oxygens (including phenoxy) is 2. The van der Waals surface area contributed by atoms with Gasteiger partial charge >= 0.3 is 5.97 Å². The molecule has 6 heteroatoms. The van der Waals surface area contributed by atoms with Crippen molar-refractivity contribution in [2.75, 3.05) is 7.11 Å². The third-order valence-corrected chi connectivity index (χ3v) is 3.74. The molecule has 0 aliphatic carbocycles. The number of rotatable bonds is 4. The molecule has 0 unspecified atom stereocenters. The molecule has 1 aromatic heterocycles. The molecule has 2 aromatic carbocycles. The SMILES string of the molecule is COC(=O)c1ccc(Oc2ccc3ccc(C(N)=O)nc3c2)c(C)c1. The lowest BCUT2D eigenvalue weighted by Gasteiger charge is -2.10. The number of carbonyl (C=O) groups excluding carboxylic acids is 2. The zero-order chi connectivity index (χ0) is 18.0. The minimum Gasteiger partial charge on any atom is -0.465 e. The van der Waals surface area contributed by atoms with Crippen LogP contribution in [0.4, 0.5) is 0 Å². The molecule has 1 heterocycles. The molecular weight excluding hydrogens is 320 g/mol. The largest absolute Gasteiger partial charge is 0.465 e. The van der Waals surface area contributed by atoms with E-state index in [0.717, 1.165) is 10.9 Å². The molecule has 3 aromatic rings. The van der Waals surface area contributed by atoms with Crippen molar-refractivity contribution in [3.8, 4) is 11.5 Å². The van der Waals surface area contributed by atoms with Crippen molar-refractivity contribution < 1.29 is 19.1 Å². The fourth-order valence-corrected chi connectivity index (χ4v) is 2.43. The lowest BCUT2D eigenvalue weighted by Crippen LogP contribution is -2.12. The van der Waals surface area contributed by atoms with Crippen LogP contribution in [0.3, 0.4) is 0 Å². The van der Waals surface area contributed by atoms with Gasteiger partial charge in [-0.3, -0.25) is 4.79 Å². The molecule has 126 valence electrons. The topological polar surface area (TPSA) is 91.5 Å². The number of methoxy groups -OCH3 is 1. The maximum absolute atomic E-state index is 11.6. The fourth-order valence-electron chi connectivity index (χ4n) is 2.43.